The molecule has 1 heterocycles. The molecule has 64 valence electrons. The molecule has 1 atom stereocenters. The molecule has 0 radical (unpaired) electrons. The number of hydrogen-bond donors (Lipinski definition) is 2. The fourth-order valence-corrected chi connectivity index (χ4v) is 1.12. The van der Waals surface area contributed by atoms with Crippen molar-refractivity contribution in [2.24, 2.45) is 0 Å². The molecule has 12 heavy (non-hydrogen) atoms. The maximum Gasteiger partial charge on any atom is 0.196 e. The summed E-state index contributed by atoms with van der Waals surface area (Å²) in [6.45, 7) is 0.448. The molecular weight excluding hydrogens is 156 g/mol. The molecule has 4 nitrogen and oxygen atoms in total. The van der Waals surface area contributed by atoms with E-state index >= 15 is 0 Å². The van der Waals surface area contributed by atoms with Crippen LogP contribution >= 0.6 is 0 Å². The molecule has 0 aromatic heterocycles. The first-order valence-corrected chi connectivity index (χ1v) is 3.78. The van der Waals surface area contributed by atoms with Gasteiger partial charge in [-0.2, -0.15) is 0 Å². The highest BCUT2D eigenvalue weighted by molar-refractivity contribution is 5.44. The molecule has 1 aliphatic heterocycles. The van der Waals surface area contributed by atoms with Crippen molar-refractivity contribution in [3.8, 4) is 0 Å². The molecule has 0 bridgehead atoms. The second kappa shape index (κ2) is 3.10. The van der Waals surface area contributed by atoms with Gasteiger partial charge in [-0.1, -0.05) is 18.2 Å². The second-order valence-corrected chi connectivity index (χ2v) is 2.61. The van der Waals surface area contributed by atoms with E-state index in [2.05, 4.69) is 5.59 Å². The minimum absolute atomic E-state index is 0.448. The maximum absolute atomic E-state index is 9.03. The van der Waals surface area contributed by atoms with E-state index in [0.29, 0.717) is 6.54 Å². The summed E-state index contributed by atoms with van der Waals surface area (Å²) in [6.07, 6.45) is -0.745. The molecular formula is C8H10N2O2. The number of hydrogen-bond acceptors (Lipinski definition) is 4. The van der Waals surface area contributed by atoms with Gasteiger partial charge in [-0.15, -0.1) is 5.59 Å². The van der Waals surface area contributed by atoms with Gasteiger partial charge >= 0.3 is 0 Å². The Hall–Kier alpha value is -1.10. The van der Waals surface area contributed by atoms with Gasteiger partial charge in [-0.3, -0.25) is 5.01 Å². The van der Waals surface area contributed by atoms with Crippen molar-refractivity contribution in [2.75, 3.05) is 11.6 Å². The summed E-state index contributed by atoms with van der Waals surface area (Å²) in [4.78, 5) is 4.75. The van der Waals surface area contributed by atoms with Gasteiger partial charge in [0, 0.05) is 0 Å². The van der Waals surface area contributed by atoms with Crippen LogP contribution in [0.15, 0.2) is 30.3 Å². The molecule has 0 amide bonds. The quantitative estimate of drug-likeness (QED) is 0.628. The fraction of sp³-hybridized carbons (Fsp3) is 0.250. The molecule has 2 N–H and O–H groups in total. The van der Waals surface area contributed by atoms with Gasteiger partial charge in [-0.05, 0) is 12.1 Å². The number of benzene rings is 1. The Morgan fingerprint density at radius 2 is 2.17 bits per heavy atom. The Balaban J connectivity index is 2.11. The number of aliphatic hydroxyl groups is 1. The zero-order valence-electron chi connectivity index (χ0n) is 6.47. The standard InChI is InChI=1S/C8H10N2O2/c11-8-6-10(9-12-8)7-4-2-1-3-5-7/h1-5,8-9,11H,6H2. The van der Waals surface area contributed by atoms with Gasteiger partial charge in [0.2, 0.25) is 0 Å². The molecule has 1 aromatic rings. The summed E-state index contributed by atoms with van der Waals surface area (Å²) in [5.41, 5.74) is 3.59. The van der Waals surface area contributed by atoms with Crippen molar-refractivity contribution in [1.29, 1.82) is 0 Å². The van der Waals surface area contributed by atoms with Gasteiger partial charge < -0.3 is 5.11 Å². The first-order valence-electron chi connectivity index (χ1n) is 3.78. The summed E-state index contributed by atoms with van der Waals surface area (Å²) in [5, 5.41) is 10.8. The first-order chi connectivity index (χ1) is 5.86. The van der Waals surface area contributed by atoms with Gasteiger partial charge in [0.1, 0.15) is 0 Å². The molecule has 0 saturated carbocycles. The maximum atomic E-state index is 9.03. The lowest BCUT2D eigenvalue weighted by molar-refractivity contribution is -0.0950. The number of para-hydroxylation sites is 1. The number of nitrogens with one attached hydrogen (secondary N) is 1. The van der Waals surface area contributed by atoms with E-state index in [1.807, 2.05) is 30.3 Å². The third-order valence-corrected chi connectivity index (χ3v) is 1.71. The number of aliphatic hydroxyl groups excluding tert-OH is 1. The van der Waals surface area contributed by atoms with Crippen LogP contribution in [0.25, 0.3) is 0 Å². The Morgan fingerprint density at radius 1 is 1.42 bits per heavy atom. The van der Waals surface area contributed by atoms with Crippen molar-refractivity contribution >= 4 is 5.69 Å². The first kappa shape index (κ1) is 7.54. The van der Waals surface area contributed by atoms with Gasteiger partial charge in [0.05, 0.1) is 12.2 Å². The van der Waals surface area contributed by atoms with E-state index in [4.69, 9.17) is 9.94 Å². The molecule has 4 heteroatoms. The normalized spacial score (nSPS) is 23.1. The highest BCUT2D eigenvalue weighted by Crippen LogP contribution is 2.14. The summed E-state index contributed by atoms with van der Waals surface area (Å²) in [5.74, 6) is 0. The van der Waals surface area contributed by atoms with E-state index in [1.54, 1.807) is 5.01 Å². The van der Waals surface area contributed by atoms with Gasteiger partial charge in [-0.25, -0.2) is 4.84 Å². The Morgan fingerprint density at radius 3 is 2.75 bits per heavy atom. The topological polar surface area (TPSA) is 44.7 Å². The van der Waals surface area contributed by atoms with Crippen molar-refractivity contribution in [3.05, 3.63) is 30.3 Å². The summed E-state index contributed by atoms with van der Waals surface area (Å²) in [6, 6.07) is 9.68. The van der Waals surface area contributed by atoms with Crippen molar-refractivity contribution in [2.45, 2.75) is 6.29 Å². The monoisotopic (exact) mass is 166 g/mol. The van der Waals surface area contributed by atoms with Crippen LogP contribution in [-0.4, -0.2) is 17.9 Å². The van der Waals surface area contributed by atoms with E-state index < -0.39 is 6.29 Å². The van der Waals surface area contributed by atoms with Crippen LogP contribution in [-0.2, 0) is 4.84 Å². The average molecular weight is 166 g/mol. The molecule has 0 aliphatic carbocycles. The predicted octanol–water partition coefficient (Wildman–Crippen LogP) is 0.261. The number of hydrazine groups is 1. The minimum Gasteiger partial charge on any atom is -0.365 e. The predicted molar refractivity (Wildman–Crippen MR) is 44.0 cm³/mol. The molecule has 1 aliphatic rings. The number of anilines is 1. The number of nitrogens with zero attached hydrogens (tertiary/aromatic N) is 1. The molecule has 2 rings (SSSR count). The smallest absolute Gasteiger partial charge is 0.196 e. The number of rotatable bonds is 1. The van der Waals surface area contributed by atoms with Crippen LogP contribution < -0.4 is 10.6 Å². The van der Waals surface area contributed by atoms with Crippen molar-refractivity contribution in [3.63, 3.8) is 0 Å². The van der Waals surface area contributed by atoms with Crippen LogP contribution in [0.3, 0.4) is 0 Å². The lowest BCUT2D eigenvalue weighted by Crippen LogP contribution is -2.29. The van der Waals surface area contributed by atoms with Crippen LogP contribution in [0.4, 0.5) is 5.69 Å². The molecule has 0 spiro atoms. The fourth-order valence-electron chi connectivity index (χ4n) is 1.12. The third kappa shape index (κ3) is 1.40. The minimum atomic E-state index is -0.745. The molecule has 1 aromatic carbocycles. The largest absolute Gasteiger partial charge is 0.365 e. The summed E-state index contributed by atoms with van der Waals surface area (Å²) in [7, 11) is 0. The SMILES string of the molecule is OC1CN(c2ccccc2)NO1. The van der Waals surface area contributed by atoms with Gasteiger partial charge in [0.15, 0.2) is 6.29 Å². The number of β-amino-alcohol motifs (C(OH)–C–C–N with tert-alkyl or cyclic N) is 1. The Kier molecular flexibility index (Phi) is 1.95. The summed E-state index contributed by atoms with van der Waals surface area (Å²) >= 11 is 0. The van der Waals surface area contributed by atoms with E-state index in [0.717, 1.165) is 5.69 Å². The van der Waals surface area contributed by atoms with E-state index in [9.17, 15) is 0 Å². The van der Waals surface area contributed by atoms with Crippen LogP contribution in [0, 0.1) is 0 Å². The lowest BCUT2D eigenvalue weighted by Gasteiger charge is -2.14. The molecule has 1 saturated heterocycles. The lowest BCUT2D eigenvalue weighted by atomic mass is 10.3. The average Bonchev–Trinajstić information content (AvgIpc) is 2.54. The Labute approximate surface area is 70.3 Å². The zero-order chi connectivity index (χ0) is 8.39. The third-order valence-electron chi connectivity index (χ3n) is 1.71. The highest BCUT2D eigenvalue weighted by atomic mass is 16.8. The molecule has 1 unspecified atom stereocenters. The second-order valence-electron chi connectivity index (χ2n) is 2.61. The summed E-state index contributed by atoms with van der Waals surface area (Å²) < 4.78 is 0. The van der Waals surface area contributed by atoms with Gasteiger partial charge in [0.25, 0.3) is 0 Å². The highest BCUT2D eigenvalue weighted by Gasteiger charge is 2.20. The van der Waals surface area contributed by atoms with E-state index in [-0.39, 0.29) is 0 Å². The zero-order valence-corrected chi connectivity index (χ0v) is 6.47. The van der Waals surface area contributed by atoms with Crippen molar-refractivity contribution in [1.82, 2.24) is 5.59 Å². The van der Waals surface area contributed by atoms with Crippen molar-refractivity contribution < 1.29 is 9.94 Å². The Bertz CT molecular complexity index is 252. The van der Waals surface area contributed by atoms with Crippen LogP contribution in [0.5, 0.6) is 0 Å². The molecule has 1 fully saturated rings. The van der Waals surface area contributed by atoms with Crippen LogP contribution in [0.2, 0.25) is 0 Å². The van der Waals surface area contributed by atoms with Crippen LogP contribution in [0.1, 0.15) is 0 Å². The van der Waals surface area contributed by atoms with E-state index in [1.165, 1.54) is 0 Å².